The quantitative estimate of drug-likeness (QED) is 0.486. The van der Waals surface area contributed by atoms with Crippen LogP contribution >= 0.6 is 24.0 Å². The van der Waals surface area contributed by atoms with E-state index < -0.39 is 0 Å². The van der Waals surface area contributed by atoms with Gasteiger partial charge in [0.15, 0.2) is 11.5 Å². The van der Waals surface area contributed by atoms with Crippen LogP contribution in [0.15, 0.2) is 24.8 Å². The number of hydrogen-bond acceptors (Lipinski definition) is 4. The summed E-state index contributed by atoms with van der Waals surface area (Å²) in [6, 6.07) is 3.82. The second-order valence-electron chi connectivity index (χ2n) is 4.44. The van der Waals surface area contributed by atoms with Crippen molar-refractivity contribution in [3.63, 3.8) is 0 Å². The van der Waals surface area contributed by atoms with Gasteiger partial charge in [0, 0.05) is 19.8 Å². The van der Waals surface area contributed by atoms with Crippen LogP contribution in [0.25, 0.3) is 0 Å². The molecule has 0 bridgehead atoms. The van der Waals surface area contributed by atoms with Crippen molar-refractivity contribution in [3.8, 4) is 11.5 Å². The molecule has 22 heavy (non-hydrogen) atoms. The lowest BCUT2D eigenvalue weighted by molar-refractivity contribution is 0.144. The van der Waals surface area contributed by atoms with Crippen LogP contribution in [-0.2, 0) is 11.3 Å². The van der Waals surface area contributed by atoms with Gasteiger partial charge in [-0.2, -0.15) is 0 Å². The van der Waals surface area contributed by atoms with Crippen molar-refractivity contribution >= 4 is 24.0 Å². The fraction of sp³-hybridized carbons (Fsp3) is 0.500. The van der Waals surface area contributed by atoms with E-state index in [1.807, 2.05) is 19.1 Å². The predicted octanol–water partition coefficient (Wildman–Crippen LogP) is 3.85. The Labute approximate surface area is 144 Å². The predicted molar refractivity (Wildman–Crippen MR) is 93.8 cm³/mol. The number of nitrogens with one attached hydrogen (secondary N) is 1. The highest BCUT2D eigenvalue weighted by atomic mass is 35.5. The second kappa shape index (κ2) is 12.6. The largest absolute Gasteiger partial charge is 0.493 e. The summed E-state index contributed by atoms with van der Waals surface area (Å²) in [5.74, 6) is 1.19. The number of rotatable bonds is 11. The molecule has 0 spiro atoms. The molecule has 0 saturated heterocycles. The first kappa shape index (κ1) is 21.1. The van der Waals surface area contributed by atoms with Crippen molar-refractivity contribution in [2.45, 2.75) is 19.9 Å². The smallest absolute Gasteiger partial charge is 0.180 e. The summed E-state index contributed by atoms with van der Waals surface area (Å²) in [4.78, 5) is 0. The van der Waals surface area contributed by atoms with Gasteiger partial charge < -0.3 is 19.5 Å². The number of hydrogen-bond donors (Lipinski definition) is 1. The molecule has 0 aliphatic heterocycles. The van der Waals surface area contributed by atoms with Crippen LogP contribution in [0.2, 0.25) is 5.02 Å². The van der Waals surface area contributed by atoms with Gasteiger partial charge in [0.2, 0.25) is 0 Å². The molecule has 126 valence electrons. The molecule has 1 aromatic carbocycles. The SMILES string of the molecule is C=CCOc1c(Cl)cc(CNCCCOCC)cc1OC.Cl. The van der Waals surface area contributed by atoms with Crippen molar-refractivity contribution < 1.29 is 14.2 Å². The van der Waals surface area contributed by atoms with E-state index in [4.69, 9.17) is 25.8 Å². The molecule has 4 nitrogen and oxygen atoms in total. The van der Waals surface area contributed by atoms with Crippen molar-refractivity contribution in [2.75, 3.05) is 33.5 Å². The van der Waals surface area contributed by atoms with Gasteiger partial charge in [0.1, 0.15) is 6.61 Å². The third kappa shape index (κ3) is 7.36. The first-order chi connectivity index (χ1) is 10.2. The molecule has 0 radical (unpaired) electrons. The van der Waals surface area contributed by atoms with E-state index in [9.17, 15) is 0 Å². The minimum Gasteiger partial charge on any atom is -0.493 e. The third-order valence-electron chi connectivity index (χ3n) is 2.81. The minimum atomic E-state index is 0. The van der Waals surface area contributed by atoms with Crippen molar-refractivity contribution in [3.05, 3.63) is 35.4 Å². The molecule has 0 heterocycles. The van der Waals surface area contributed by atoms with Gasteiger partial charge in [-0.15, -0.1) is 12.4 Å². The van der Waals surface area contributed by atoms with Crippen LogP contribution in [0.3, 0.4) is 0 Å². The van der Waals surface area contributed by atoms with E-state index in [-0.39, 0.29) is 12.4 Å². The summed E-state index contributed by atoms with van der Waals surface area (Å²) in [7, 11) is 1.60. The lowest BCUT2D eigenvalue weighted by Gasteiger charge is -2.13. The Hall–Kier alpha value is -0.940. The van der Waals surface area contributed by atoms with Crippen LogP contribution in [-0.4, -0.2) is 33.5 Å². The highest BCUT2D eigenvalue weighted by Crippen LogP contribution is 2.36. The average molecular weight is 350 g/mol. The summed E-state index contributed by atoms with van der Waals surface area (Å²) in [5.41, 5.74) is 1.05. The van der Waals surface area contributed by atoms with Gasteiger partial charge in [0.25, 0.3) is 0 Å². The zero-order valence-electron chi connectivity index (χ0n) is 13.2. The first-order valence-corrected chi connectivity index (χ1v) is 7.49. The van der Waals surface area contributed by atoms with Crippen LogP contribution in [0.5, 0.6) is 11.5 Å². The Bertz CT molecular complexity index is 442. The molecule has 0 fully saturated rings. The Morgan fingerprint density at radius 2 is 2.14 bits per heavy atom. The van der Waals surface area contributed by atoms with E-state index >= 15 is 0 Å². The van der Waals surface area contributed by atoms with Gasteiger partial charge in [-0.1, -0.05) is 24.3 Å². The van der Waals surface area contributed by atoms with E-state index in [1.165, 1.54) is 0 Å². The van der Waals surface area contributed by atoms with Crippen LogP contribution in [0.4, 0.5) is 0 Å². The van der Waals surface area contributed by atoms with E-state index in [2.05, 4.69) is 11.9 Å². The fourth-order valence-corrected chi connectivity index (χ4v) is 2.12. The summed E-state index contributed by atoms with van der Waals surface area (Å²) < 4.78 is 16.1. The van der Waals surface area contributed by atoms with E-state index in [0.29, 0.717) is 23.1 Å². The van der Waals surface area contributed by atoms with Crippen molar-refractivity contribution in [2.24, 2.45) is 0 Å². The van der Waals surface area contributed by atoms with E-state index in [1.54, 1.807) is 13.2 Å². The topological polar surface area (TPSA) is 39.7 Å². The molecular formula is C16H25Cl2NO3. The summed E-state index contributed by atoms with van der Waals surface area (Å²) in [6.45, 7) is 9.18. The van der Waals surface area contributed by atoms with Gasteiger partial charge in [0.05, 0.1) is 12.1 Å². The van der Waals surface area contributed by atoms with Crippen molar-refractivity contribution in [1.82, 2.24) is 5.32 Å². The molecule has 1 N–H and O–H groups in total. The Balaban J connectivity index is 0.00000441. The zero-order chi connectivity index (χ0) is 15.5. The summed E-state index contributed by atoms with van der Waals surface area (Å²) in [6.07, 6.45) is 2.66. The number of methoxy groups -OCH3 is 1. The Kier molecular flexibility index (Phi) is 12.1. The van der Waals surface area contributed by atoms with Crippen molar-refractivity contribution in [1.29, 1.82) is 0 Å². The van der Waals surface area contributed by atoms with E-state index in [0.717, 1.165) is 38.3 Å². The third-order valence-corrected chi connectivity index (χ3v) is 3.09. The van der Waals surface area contributed by atoms with Crippen LogP contribution < -0.4 is 14.8 Å². The Morgan fingerprint density at radius 3 is 2.77 bits per heavy atom. The molecule has 0 aliphatic rings. The monoisotopic (exact) mass is 349 g/mol. The number of ether oxygens (including phenoxy) is 3. The van der Waals surface area contributed by atoms with Gasteiger partial charge in [-0.25, -0.2) is 0 Å². The maximum atomic E-state index is 6.24. The van der Waals surface area contributed by atoms with Gasteiger partial charge in [-0.05, 0) is 37.6 Å². The number of benzene rings is 1. The zero-order valence-corrected chi connectivity index (χ0v) is 14.8. The molecule has 0 atom stereocenters. The molecule has 1 aromatic rings. The lowest BCUT2D eigenvalue weighted by Crippen LogP contribution is -2.16. The lowest BCUT2D eigenvalue weighted by atomic mass is 10.2. The average Bonchev–Trinajstić information content (AvgIpc) is 2.49. The second-order valence-corrected chi connectivity index (χ2v) is 4.84. The standard InChI is InChI=1S/C16H24ClNO3.ClH/c1-4-8-21-16-14(17)10-13(11-15(16)19-3)12-18-7-6-9-20-5-2;/h4,10-11,18H,1,5-9,12H2,2-3H3;1H. The normalized spacial score (nSPS) is 9.95. The van der Waals surface area contributed by atoms with Gasteiger partial charge in [-0.3, -0.25) is 0 Å². The summed E-state index contributed by atoms with van der Waals surface area (Å²) in [5, 5.41) is 3.89. The minimum absolute atomic E-state index is 0. The maximum Gasteiger partial charge on any atom is 0.180 e. The molecule has 0 aromatic heterocycles. The van der Waals surface area contributed by atoms with Crippen LogP contribution in [0.1, 0.15) is 18.9 Å². The molecule has 0 aliphatic carbocycles. The number of halogens is 2. The Morgan fingerprint density at radius 1 is 1.36 bits per heavy atom. The molecule has 0 amide bonds. The summed E-state index contributed by atoms with van der Waals surface area (Å²) >= 11 is 6.24. The molecular weight excluding hydrogens is 325 g/mol. The fourth-order valence-electron chi connectivity index (χ4n) is 1.83. The first-order valence-electron chi connectivity index (χ1n) is 7.11. The maximum absolute atomic E-state index is 6.24. The molecule has 0 saturated carbocycles. The highest BCUT2D eigenvalue weighted by Gasteiger charge is 2.11. The molecule has 1 rings (SSSR count). The molecule has 6 heteroatoms. The van der Waals surface area contributed by atoms with Crippen LogP contribution in [0, 0.1) is 0 Å². The molecule has 0 unspecified atom stereocenters. The van der Waals surface area contributed by atoms with Gasteiger partial charge >= 0.3 is 0 Å². The highest BCUT2D eigenvalue weighted by molar-refractivity contribution is 6.32.